The second kappa shape index (κ2) is 6.99. The van der Waals surface area contributed by atoms with Crippen LogP contribution >= 0.6 is 0 Å². The molecule has 1 N–H and O–H groups in total. The molecule has 9 nitrogen and oxygen atoms in total. The third-order valence-electron chi connectivity index (χ3n) is 2.06. The van der Waals surface area contributed by atoms with E-state index < -0.39 is 17.0 Å². The highest BCUT2D eigenvalue weighted by Gasteiger charge is 2.16. The molecule has 0 aliphatic carbocycles. The van der Waals surface area contributed by atoms with E-state index in [-0.39, 0.29) is 19.3 Å². The number of hydrogen-bond donors (Lipinski definition) is 1. The molecule has 0 fully saturated rings. The molecule has 0 saturated carbocycles. The minimum atomic E-state index is -0.814. The van der Waals surface area contributed by atoms with Gasteiger partial charge in [-0.15, -0.1) is 0 Å². The van der Waals surface area contributed by atoms with Crippen LogP contribution in [-0.4, -0.2) is 57.3 Å². The SMILES string of the molecule is COCC(C)OCC(O)Cn1cnc([N+](=O)[O-])n1. The lowest BCUT2D eigenvalue weighted by Gasteiger charge is -2.14. The average molecular weight is 260 g/mol. The molecule has 102 valence electrons. The maximum atomic E-state index is 10.4. The summed E-state index contributed by atoms with van der Waals surface area (Å²) >= 11 is 0. The number of nitro groups is 1. The van der Waals surface area contributed by atoms with Crippen molar-refractivity contribution in [3.63, 3.8) is 0 Å². The van der Waals surface area contributed by atoms with Gasteiger partial charge >= 0.3 is 5.95 Å². The smallest absolute Gasteiger partial charge is 0.390 e. The molecule has 0 aliphatic heterocycles. The van der Waals surface area contributed by atoms with Gasteiger partial charge in [0.1, 0.15) is 0 Å². The van der Waals surface area contributed by atoms with Gasteiger partial charge in [-0.1, -0.05) is 4.98 Å². The molecule has 0 spiro atoms. The van der Waals surface area contributed by atoms with Crippen molar-refractivity contribution in [2.75, 3.05) is 20.3 Å². The summed E-state index contributed by atoms with van der Waals surface area (Å²) in [5.74, 6) is -0.490. The fourth-order valence-corrected chi connectivity index (χ4v) is 1.28. The van der Waals surface area contributed by atoms with Gasteiger partial charge in [0.25, 0.3) is 0 Å². The number of aliphatic hydroxyl groups is 1. The molecule has 2 atom stereocenters. The Morgan fingerprint density at radius 2 is 2.33 bits per heavy atom. The van der Waals surface area contributed by atoms with Crippen molar-refractivity contribution >= 4 is 5.95 Å². The normalized spacial score (nSPS) is 14.4. The fourth-order valence-electron chi connectivity index (χ4n) is 1.28. The lowest BCUT2D eigenvalue weighted by atomic mass is 10.3. The van der Waals surface area contributed by atoms with E-state index in [1.165, 1.54) is 11.0 Å². The quantitative estimate of drug-likeness (QED) is 0.499. The van der Waals surface area contributed by atoms with Crippen LogP contribution in [0, 0.1) is 10.1 Å². The van der Waals surface area contributed by atoms with Crippen LogP contribution in [0.1, 0.15) is 6.92 Å². The second-order valence-electron chi connectivity index (χ2n) is 3.78. The van der Waals surface area contributed by atoms with Crippen molar-refractivity contribution in [1.29, 1.82) is 0 Å². The zero-order chi connectivity index (χ0) is 13.5. The minimum Gasteiger partial charge on any atom is -0.390 e. The molecular formula is C9H16N4O5. The Kier molecular flexibility index (Phi) is 5.62. The number of rotatable bonds is 8. The number of hydrogen-bond acceptors (Lipinski definition) is 7. The summed E-state index contributed by atoms with van der Waals surface area (Å²) in [6.07, 6.45) is 0.250. The van der Waals surface area contributed by atoms with Gasteiger partial charge in [-0.25, -0.2) is 0 Å². The van der Waals surface area contributed by atoms with Gasteiger partial charge in [-0.2, -0.15) is 4.68 Å². The van der Waals surface area contributed by atoms with Crippen LogP contribution in [0.5, 0.6) is 0 Å². The van der Waals surface area contributed by atoms with Crippen molar-refractivity contribution in [2.45, 2.75) is 25.7 Å². The lowest BCUT2D eigenvalue weighted by molar-refractivity contribution is -0.394. The number of nitrogens with zero attached hydrogens (tertiary/aromatic N) is 4. The highest BCUT2D eigenvalue weighted by atomic mass is 16.6. The molecule has 1 heterocycles. The van der Waals surface area contributed by atoms with Gasteiger partial charge < -0.3 is 24.7 Å². The van der Waals surface area contributed by atoms with E-state index in [1.54, 1.807) is 7.11 Å². The van der Waals surface area contributed by atoms with Crippen molar-refractivity contribution in [1.82, 2.24) is 14.8 Å². The van der Waals surface area contributed by atoms with E-state index in [9.17, 15) is 15.2 Å². The van der Waals surface area contributed by atoms with E-state index in [0.29, 0.717) is 6.61 Å². The van der Waals surface area contributed by atoms with E-state index in [2.05, 4.69) is 10.1 Å². The summed E-state index contributed by atoms with van der Waals surface area (Å²) in [4.78, 5) is 13.1. The summed E-state index contributed by atoms with van der Waals surface area (Å²) in [5.41, 5.74) is 0. The van der Waals surface area contributed by atoms with E-state index in [0.717, 1.165) is 0 Å². The zero-order valence-corrected chi connectivity index (χ0v) is 10.2. The van der Waals surface area contributed by atoms with Gasteiger partial charge in [0.05, 0.1) is 32.0 Å². The van der Waals surface area contributed by atoms with Crippen LogP contribution in [0.25, 0.3) is 0 Å². The van der Waals surface area contributed by atoms with Gasteiger partial charge in [0.2, 0.25) is 6.33 Å². The molecule has 2 unspecified atom stereocenters. The number of ether oxygens (including phenoxy) is 2. The van der Waals surface area contributed by atoms with Crippen LogP contribution in [0.3, 0.4) is 0 Å². The maximum absolute atomic E-state index is 10.4. The summed E-state index contributed by atoms with van der Waals surface area (Å²) < 4.78 is 11.4. The van der Waals surface area contributed by atoms with E-state index in [1.807, 2.05) is 6.92 Å². The van der Waals surface area contributed by atoms with Crippen LogP contribution in [0.4, 0.5) is 5.95 Å². The van der Waals surface area contributed by atoms with Gasteiger partial charge in [0.15, 0.2) is 0 Å². The monoisotopic (exact) mass is 260 g/mol. The Morgan fingerprint density at radius 3 is 2.89 bits per heavy atom. The molecule has 1 aromatic rings. The first-order valence-electron chi connectivity index (χ1n) is 5.35. The summed E-state index contributed by atoms with van der Waals surface area (Å²) in [6.45, 7) is 2.43. The molecule has 0 aromatic carbocycles. The third-order valence-corrected chi connectivity index (χ3v) is 2.06. The Labute approximate surface area is 103 Å². The van der Waals surface area contributed by atoms with Crippen LogP contribution in [-0.2, 0) is 16.0 Å². The number of methoxy groups -OCH3 is 1. The summed E-state index contributed by atoms with van der Waals surface area (Å²) in [5, 5.41) is 23.6. The summed E-state index contributed by atoms with van der Waals surface area (Å²) in [6, 6.07) is 0. The first kappa shape index (κ1) is 14.5. The molecule has 18 heavy (non-hydrogen) atoms. The minimum absolute atomic E-state index is 0.0839. The average Bonchev–Trinajstić information content (AvgIpc) is 2.75. The van der Waals surface area contributed by atoms with Crippen molar-refractivity contribution in [3.8, 4) is 0 Å². The first-order valence-corrected chi connectivity index (χ1v) is 5.35. The molecule has 1 aromatic heterocycles. The predicted octanol–water partition coefficient (Wildman–Crippen LogP) is -0.401. The molecule has 0 radical (unpaired) electrons. The predicted molar refractivity (Wildman–Crippen MR) is 60.0 cm³/mol. The third kappa shape index (κ3) is 4.73. The topological polar surface area (TPSA) is 113 Å². The molecule has 1 rings (SSSR count). The second-order valence-corrected chi connectivity index (χ2v) is 3.78. The van der Waals surface area contributed by atoms with Gasteiger partial charge in [-0.3, -0.25) is 0 Å². The molecule has 0 bridgehead atoms. The van der Waals surface area contributed by atoms with Gasteiger partial charge in [-0.05, 0) is 11.8 Å². The van der Waals surface area contributed by atoms with Crippen molar-refractivity contribution in [2.24, 2.45) is 0 Å². The maximum Gasteiger partial charge on any atom is 0.490 e. The van der Waals surface area contributed by atoms with Crippen LogP contribution < -0.4 is 0 Å². The number of aliphatic hydroxyl groups excluding tert-OH is 1. The Balaban J connectivity index is 2.34. The molecule has 0 amide bonds. The van der Waals surface area contributed by atoms with Crippen LogP contribution in [0.2, 0.25) is 0 Å². The van der Waals surface area contributed by atoms with Crippen molar-refractivity contribution in [3.05, 3.63) is 16.4 Å². The van der Waals surface area contributed by atoms with E-state index in [4.69, 9.17) is 9.47 Å². The number of aromatic nitrogens is 3. The molecule has 0 saturated heterocycles. The highest BCUT2D eigenvalue weighted by Crippen LogP contribution is 2.01. The largest absolute Gasteiger partial charge is 0.490 e. The van der Waals surface area contributed by atoms with Gasteiger partial charge in [0, 0.05) is 12.2 Å². The van der Waals surface area contributed by atoms with Crippen LogP contribution in [0.15, 0.2) is 6.33 Å². The Morgan fingerprint density at radius 1 is 1.61 bits per heavy atom. The zero-order valence-electron chi connectivity index (χ0n) is 10.2. The fraction of sp³-hybridized carbons (Fsp3) is 0.778. The van der Waals surface area contributed by atoms with Crippen molar-refractivity contribution < 1.29 is 19.5 Å². The Hall–Kier alpha value is -1.58. The van der Waals surface area contributed by atoms with E-state index >= 15 is 0 Å². The summed E-state index contributed by atoms with van der Waals surface area (Å²) in [7, 11) is 1.56. The first-order chi connectivity index (χ1) is 8.52. The molecule has 0 aliphatic rings. The Bertz CT molecular complexity index is 383. The standard InChI is InChI=1S/C9H16N4O5/c1-7(4-17-2)18-5-8(14)3-12-6-10-9(11-12)13(15)16/h6-8,14H,3-5H2,1-2H3. The highest BCUT2D eigenvalue weighted by molar-refractivity contribution is 4.96. The molecular weight excluding hydrogens is 244 g/mol. The molecule has 9 heteroatoms. The lowest BCUT2D eigenvalue weighted by Crippen LogP contribution is -2.26.